The summed E-state index contributed by atoms with van der Waals surface area (Å²) in [5, 5.41) is 25.9. The van der Waals surface area contributed by atoms with Crippen LogP contribution in [0.5, 0.6) is 23.0 Å². The number of nitrogens with one attached hydrogen (secondary N) is 1. The zero-order valence-electron chi connectivity index (χ0n) is 25.5. The number of rotatable bonds is 15. The molecule has 3 N–H and O–H groups in total. The minimum Gasteiger partial charge on any atom is -0.508 e. The summed E-state index contributed by atoms with van der Waals surface area (Å²) in [6.45, 7) is 0.990. The highest BCUT2D eigenvalue weighted by atomic mass is 32.1. The minimum absolute atomic E-state index is 0.0111. The van der Waals surface area contributed by atoms with E-state index in [0.29, 0.717) is 59.0 Å². The first kappa shape index (κ1) is 32.7. The molecule has 2 aliphatic heterocycles. The van der Waals surface area contributed by atoms with Crippen LogP contribution in [0.3, 0.4) is 0 Å². The summed E-state index contributed by atoms with van der Waals surface area (Å²) in [7, 11) is 0. The van der Waals surface area contributed by atoms with Gasteiger partial charge in [-0.05, 0) is 49.2 Å². The topological polar surface area (TPSA) is 147 Å². The lowest BCUT2D eigenvalue weighted by atomic mass is 9.77. The molecule has 46 heavy (non-hydrogen) atoms. The third-order valence-electron chi connectivity index (χ3n) is 8.04. The van der Waals surface area contributed by atoms with Crippen molar-refractivity contribution in [3.8, 4) is 23.0 Å². The zero-order chi connectivity index (χ0) is 32.4. The SMILES string of the molecule is O=CCCCCCCCCCCNC(=O)CCN=S=C=Nc1ccc2c(c1)C(=O)OC21c2ccc(O)cc2Oc2cc(O)ccc21. The van der Waals surface area contributed by atoms with Crippen LogP contribution in [-0.2, 0) is 31.1 Å². The first-order chi connectivity index (χ1) is 22.4. The van der Waals surface area contributed by atoms with Gasteiger partial charge in [0, 0.05) is 59.4 Å². The number of isothiocyanates is 1. The third kappa shape index (κ3) is 7.55. The van der Waals surface area contributed by atoms with E-state index < -0.39 is 11.6 Å². The molecule has 1 spiro atoms. The molecule has 0 unspecified atom stereocenters. The lowest BCUT2D eigenvalue weighted by molar-refractivity contribution is -0.120. The van der Waals surface area contributed by atoms with Crippen LogP contribution in [-0.4, -0.2) is 46.6 Å². The van der Waals surface area contributed by atoms with Crippen molar-refractivity contribution in [1.29, 1.82) is 0 Å². The van der Waals surface area contributed by atoms with Crippen molar-refractivity contribution in [2.45, 2.75) is 69.8 Å². The van der Waals surface area contributed by atoms with Crippen molar-refractivity contribution < 1.29 is 34.1 Å². The smallest absolute Gasteiger partial charge is 0.340 e. The maximum absolute atomic E-state index is 13.2. The molecule has 0 fully saturated rings. The highest BCUT2D eigenvalue weighted by Gasteiger charge is 2.53. The number of aldehydes is 1. The van der Waals surface area contributed by atoms with Crippen LogP contribution in [0.2, 0.25) is 0 Å². The van der Waals surface area contributed by atoms with Crippen LogP contribution in [0.1, 0.15) is 91.3 Å². The molecule has 5 rings (SSSR count). The first-order valence-electron chi connectivity index (χ1n) is 15.6. The summed E-state index contributed by atoms with van der Waals surface area (Å²) in [6.07, 6.45) is 10.8. The fourth-order valence-electron chi connectivity index (χ4n) is 5.79. The van der Waals surface area contributed by atoms with Gasteiger partial charge < -0.3 is 29.8 Å². The zero-order valence-corrected chi connectivity index (χ0v) is 26.3. The van der Waals surface area contributed by atoms with Gasteiger partial charge in [-0.15, -0.1) is 0 Å². The van der Waals surface area contributed by atoms with Crippen LogP contribution < -0.4 is 10.1 Å². The first-order valence-corrected chi connectivity index (χ1v) is 16.4. The quantitative estimate of drug-likeness (QED) is 0.0550. The van der Waals surface area contributed by atoms with Gasteiger partial charge in [-0.1, -0.05) is 44.6 Å². The van der Waals surface area contributed by atoms with Crippen molar-refractivity contribution in [1.82, 2.24) is 5.32 Å². The summed E-state index contributed by atoms with van der Waals surface area (Å²) in [6, 6.07) is 14.4. The number of unbranched alkanes of at least 4 members (excludes halogenated alkanes) is 8. The normalized spacial score (nSPS) is 13.3. The van der Waals surface area contributed by atoms with Gasteiger partial charge in [0.05, 0.1) is 23.0 Å². The Morgan fingerprint density at radius 1 is 0.870 bits per heavy atom. The number of esters is 1. The van der Waals surface area contributed by atoms with Gasteiger partial charge in [-0.25, -0.2) is 9.16 Å². The van der Waals surface area contributed by atoms with E-state index in [2.05, 4.69) is 19.8 Å². The average Bonchev–Trinajstić information content (AvgIpc) is 3.32. The minimum atomic E-state index is -1.33. The van der Waals surface area contributed by atoms with Crippen molar-refractivity contribution in [3.63, 3.8) is 0 Å². The highest BCUT2D eigenvalue weighted by Crippen LogP contribution is 2.57. The standard InChI is InChI=1S/C35H37N3O7S/c39-19-9-7-5-3-1-2-4-6-8-17-36-33(42)16-18-38-46-23-37-24-10-13-28-27(20-24)34(43)45-35(28)29-14-11-25(40)21-31(29)44-32-22-26(41)12-15-30(32)35/h10-15,19-22,40-41H,1-9,16-18H2,(H,36,42). The number of nitrogens with zero attached hydrogens (tertiary/aromatic N) is 2. The Labute approximate surface area is 271 Å². The summed E-state index contributed by atoms with van der Waals surface area (Å²) in [5.74, 6) is 0.0195. The predicted molar refractivity (Wildman–Crippen MR) is 175 cm³/mol. The van der Waals surface area contributed by atoms with Crippen LogP contribution in [0, 0.1) is 0 Å². The number of fused-ring (bicyclic) bond motifs is 6. The molecule has 0 saturated carbocycles. The molecular formula is C35H37N3O7S. The number of aliphatic imine (C=N–C) groups is 1. The fourth-order valence-corrected chi connectivity index (χ4v) is 6.17. The molecule has 0 saturated heterocycles. The maximum Gasteiger partial charge on any atom is 0.340 e. The molecule has 0 bridgehead atoms. The van der Waals surface area contributed by atoms with Gasteiger partial charge in [-0.3, -0.25) is 4.79 Å². The number of hydrogen-bond donors (Lipinski definition) is 3. The van der Waals surface area contributed by atoms with E-state index in [4.69, 9.17) is 9.47 Å². The van der Waals surface area contributed by atoms with Gasteiger partial charge in [0.25, 0.3) is 0 Å². The number of phenolic OH excluding ortho intramolecular Hbond substituents is 2. The molecule has 11 heteroatoms. The number of amides is 1. The highest BCUT2D eigenvalue weighted by molar-refractivity contribution is 7.66. The van der Waals surface area contributed by atoms with Gasteiger partial charge in [-0.2, -0.15) is 4.99 Å². The Hall–Kier alpha value is -4.73. The number of phenols is 2. The van der Waals surface area contributed by atoms with Gasteiger partial charge in [0.15, 0.2) is 5.60 Å². The third-order valence-corrected chi connectivity index (χ3v) is 8.52. The number of hydrogen-bond acceptors (Lipinski definition) is 9. The summed E-state index contributed by atoms with van der Waals surface area (Å²) in [5.41, 5.74) is 1.16. The number of ether oxygens (including phenoxy) is 2. The second kappa shape index (κ2) is 15.5. The van der Waals surface area contributed by atoms with E-state index in [0.717, 1.165) is 49.5 Å². The van der Waals surface area contributed by atoms with Crippen molar-refractivity contribution in [3.05, 3.63) is 76.9 Å². The summed E-state index contributed by atoms with van der Waals surface area (Å²) < 4.78 is 16.3. The van der Waals surface area contributed by atoms with Gasteiger partial charge in [0.1, 0.15) is 29.3 Å². The molecule has 240 valence electrons. The van der Waals surface area contributed by atoms with Crippen molar-refractivity contribution >= 4 is 40.2 Å². The van der Waals surface area contributed by atoms with Gasteiger partial charge >= 0.3 is 5.97 Å². The largest absolute Gasteiger partial charge is 0.508 e. The summed E-state index contributed by atoms with van der Waals surface area (Å²) in [4.78, 5) is 39.9. The van der Waals surface area contributed by atoms with E-state index in [1.165, 1.54) is 43.5 Å². The second-order valence-electron chi connectivity index (χ2n) is 11.3. The molecule has 0 atom stereocenters. The lowest BCUT2D eigenvalue weighted by Crippen LogP contribution is -2.32. The van der Waals surface area contributed by atoms with Crippen LogP contribution >= 0.6 is 0 Å². The molecule has 10 nitrogen and oxygen atoms in total. The van der Waals surface area contributed by atoms with E-state index >= 15 is 0 Å². The fraction of sp³-hybridized carbons (Fsp3) is 0.371. The Bertz CT molecular complexity index is 1660. The van der Waals surface area contributed by atoms with E-state index in [-0.39, 0.29) is 23.8 Å². The average molecular weight is 644 g/mol. The Kier molecular flexibility index (Phi) is 11.0. The summed E-state index contributed by atoms with van der Waals surface area (Å²) >= 11 is 1.01. The van der Waals surface area contributed by atoms with Crippen LogP contribution in [0.25, 0.3) is 0 Å². The molecule has 0 radical (unpaired) electrons. The number of aromatic hydroxyl groups is 2. The molecule has 2 aliphatic rings. The number of carbonyl (C=O) groups excluding carboxylic acids is 3. The molecule has 0 aromatic heterocycles. The number of benzene rings is 3. The predicted octanol–water partition coefficient (Wildman–Crippen LogP) is 6.68. The monoisotopic (exact) mass is 643 g/mol. The molecular weight excluding hydrogens is 606 g/mol. The lowest BCUT2D eigenvalue weighted by Gasteiger charge is -2.36. The Balaban J connectivity index is 1.15. The van der Waals surface area contributed by atoms with Gasteiger partial charge in [0.2, 0.25) is 5.91 Å². The van der Waals surface area contributed by atoms with E-state index in [9.17, 15) is 24.6 Å². The molecule has 0 aliphatic carbocycles. The Morgan fingerprint density at radius 3 is 2.17 bits per heavy atom. The molecule has 2 heterocycles. The molecule has 3 aromatic rings. The molecule has 3 aromatic carbocycles. The Morgan fingerprint density at radius 2 is 1.50 bits per heavy atom. The molecule has 1 amide bonds. The van der Waals surface area contributed by atoms with E-state index in [1.807, 2.05) is 0 Å². The van der Waals surface area contributed by atoms with Crippen LogP contribution in [0.4, 0.5) is 5.69 Å². The second-order valence-corrected chi connectivity index (χ2v) is 11.9. The number of carbonyl (C=O) groups is 3. The maximum atomic E-state index is 13.2. The van der Waals surface area contributed by atoms with Crippen molar-refractivity contribution in [2.24, 2.45) is 9.36 Å². The van der Waals surface area contributed by atoms with Crippen molar-refractivity contribution in [2.75, 3.05) is 13.1 Å². The van der Waals surface area contributed by atoms with E-state index in [1.54, 1.807) is 30.3 Å². The van der Waals surface area contributed by atoms with Crippen LogP contribution in [0.15, 0.2) is 64.0 Å².